The first-order valence-corrected chi connectivity index (χ1v) is 10.1. The van der Waals surface area contributed by atoms with Crippen LogP contribution < -0.4 is 9.47 Å². The average molecular weight is 450 g/mol. The molecule has 0 saturated carbocycles. The topological polar surface area (TPSA) is 98.2 Å². The predicted octanol–water partition coefficient (Wildman–Crippen LogP) is 5.47. The van der Waals surface area contributed by atoms with Gasteiger partial charge in [-0.15, -0.1) is 6.58 Å². The van der Waals surface area contributed by atoms with Crippen LogP contribution in [0.15, 0.2) is 71.4 Å². The van der Waals surface area contributed by atoms with Gasteiger partial charge in [-0.3, -0.25) is 4.79 Å². The van der Waals surface area contributed by atoms with E-state index >= 15 is 0 Å². The van der Waals surface area contributed by atoms with Crippen LogP contribution in [-0.4, -0.2) is 29.1 Å². The molecule has 2 aromatic heterocycles. The van der Waals surface area contributed by atoms with Crippen molar-refractivity contribution in [3.63, 3.8) is 0 Å². The smallest absolute Gasteiger partial charge is 0.213 e. The summed E-state index contributed by atoms with van der Waals surface area (Å²) in [5.41, 5.74) is 2.30. The molecule has 0 spiro atoms. The van der Waals surface area contributed by atoms with E-state index in [-0.39, 0.29) is 12.7 Å². The number of hydrogen-bond acceptors (Lipinski definition) is 7. The summed E-state index contributed by atoms with van der Waals surface area (Å²) < 4.78 is 16.5. The molecule has 7 nitrogen and oxygen atoms in total. The number of carbonyl (C=O) groups is 1. The molecule has 162 valence electrons. The van der Waals surface area contributed by atoms with E-state index in [9.17, 15) is 4.79 Å². The van der Waals surface area contributed by atoms with Crippen molar-refractivity contribution in [2.45, 2.75) is 19.4 Å². The second-order valence-electron chi connectivity index (χ2n) is 6.65. The lowest BCUT2D eigenvalue weighted by Gasteiger charge is -2.10. The zero-order valence-corrected chi connectivity index (χ0v) is 18.1. The highest BCUT2D eigenvalue weighted by Gasteiger charge is 2.15. The first-order chi connectivity index (χ1) is 15.5. The number of allylic oxidation sites excluding steroid dienone is 4. The fraction of sp³-hybridized carbons (Fsp3) is 0.167. The summed E-state index contributed by atoms with van der Waals surface area (Å²) in [6.07, 6.45) is 9.60. The minimum absolute atomic E-state index is 0.105. The fourth-order valence-corrected chi connectivity index (χ4v) is 3.01. The number of nitrogens with zero attached hydrogens (tertiary/aromatic N) is 3. The summed E-state index contributed by atoms with van der Waals surface area (Å²) in [6, 6.07) is 8.91. The molecule has 0 aliphatic carbocycles. The second-order valence-corrected chi connectivity index (χ2v) is 7.06. The van der Waals surface area contributed by atoms with E-state index in [4.69, 9.17) is 30.9 Å². The van der Waals surface area contributed by atoms with Crippen molar-refractivity contribution in [1.82, 2.24) is 10.1 Å². The van der Waals surface area contributed by atoms with Gasteiger partial charge in [-0.05, 0) is 37.6 Å². The maximum atomic E-state index is 10.6. The minimum Gasteiger partial charge on any atom is -0.485 e. The molecule has 2 heterocycles. The van der Waals surface area contributed by atoms with Crippen molar-refractivity contribution in [2.75, 3.05) is 6.61 Å². The van der Waals surface area contributed by atoms with Gasteiger partial charge < -0.3 is 14.0 Å². The van der Waals surface area contributed by atoms with Gasteiger partial charge in [0.2, 0.25) is 5.88 Å². The second kappa shape index (κ2) is 10.9. The quantitative estimate of drug-likeness (QED) is 0.175. The Morgan fingerprint density at radius 1 is 1.41 bits per heavy atom. The van der Waals surface area contributed by atoms with Crippen molar-refractivity contribution in [2.24, 2.45) is 0 Å². The molecule has 1 unspecified atom stereocenters. The highest BCUT2D eigenvalue weighted by molar-refractivity contribution is 6.32. The third-order valence-electron chi connectivity index (χ3n) is 4.33. The van der Waals surface area contributed by atoms with Crippen LogP contribution in [-0.2, 0) is 4.79 Å². The molecule has 0 bridgehead atoms. The van der Waals surface area contributed by atoms with Gasteiger partial charge in [-0.1, -0.05) is 28.9 Å². The SMILES string of the molecule is C=CC/C=C(C#N)\C=C/C(C)Oc1ccc(-c2noc3cc(Cl)c(OCC=O)cc23)cn1. The molecule has 0 fully saturated rings. The molecule has 1 atom stereocenters. The number of hydrogen-bond donors (Lipinski definition) is 0. The summed E-state index contributed by atoms with van der Waals surface area (Å²) >= 11 is 6.15. The molecule has 3 aromatic rings. The standard InChI is InChI=1S/C24H20ClN3O4/c1-3-4-5-17(14-26)7-6-16(2)31-23-9-8-18(15-27-23)24-19-12-22(30-11-10-29)20(25)13-21(19)32-28-24/h3,5-10,12-13,15-16H,1,4,11H2,2H3/b7-6-,17-5+. The summed E-state index contributed by atoms with van der Waals surface area (Å²) in [6.45, 7) is 5.38. The maximum absolute atomic E-state index is 10.6. The van der Waals surface area contributed by atoms with Gasteiger partial charge in [0, 0.05) is 29.5 Å². The first-order valence-electron chi connectivity index (χ1n) is 9.73. The van der Waals surface area contributed by atoms with E-state index < -0.39 is 0 Å². The third-order valence-corrected chi connectivity index (χ3v) is 4.62. The fourth-order valence-electron chi connectivity index (χ4n) is 2.80. The number of aldehydes is 1. The average Bonchev–Trinajstić information content (AvgIpc) is 3.20. The molecule has 0 N–H and O–H groups in total. The highest BCUT2D eigenvalue weighted by Crippen LogP contribution is 2.35. The number of carbonyl (C=O) groups excluding carboxylic acids is 1. The highest BCUT2D eigenvalue weighted by atomic mass is 35.5. The number of nitriles is 1. The summed E-state index contributed by atoms with van der Waals surface area (Å²) in [7, 11) is 0. The maximum Gasteiger partial charge on any atom is 0.213 e. The van der Waals surface area contributed by atoms with Gasteiger partial charge in [-0.25, -0.2) is 4.98 Å². The van der Waals surface area contributed by atoms with Gasteiger partial charge in [0.1, 0.15) is 24.2 Å². The Balaban J connectivity index is 1.75. The van der Waals surface area contributed by atoms with Crippen molar-refractivity contribution in [3.8, 4) is 29.0 Å². The van der Waals surface area contributed by atoms with E-state index in [2.05, 4.69) is 22.8 Å². The molecular weight excluding hydrogens is 430 g/mol. The van der Waals surface area contributed by atoms with Crippen LogP contribution in [0.5, 0.6) is 11.6 Å². The van der Waals surface area contributed by atoms with E-state index in [1.165, 1.54) is 0 Å². The Kier molecular flexibility index (Phi) is 7.79. The number of aromatic nitrogens is 2. The van der Waals surface area contributed by atoms with Crippen LogP contribution in [0.4, 0.5) is 0 Å². The van der Waals surface area contributed by atoms with Crippen LogP contribution >= 0.6 is 11.6 Å². The minimum atomic E-state index is -0.290. The molecule has 0 aliphatic heterocycles. The van der Waals surface area contributed by atoms with E-state index in [0.717, 1.165) is 0 Å². The van der Waals surface area contributed by atoms with E-state index in [1.54, 1.807) is 54.8 Å². The normalized spacial score (nSPS) is 12.5. The van der Waals surface area contributed by atoms with Gasteiger partial charge in [0.25, 0.3) is 0 Å². The number of fused-ring (bicyclic) bond motifs is 1. The molecule has 0 saturated heterocycles. The molecular formula is C24H20ClN3O4. The monoisotopic (exact) mass is 449 g/mol. The van der Waals surface area contributed by atoms with Gasteiger partial charge >= 0.3 is 0 Å². The third kappa shape index (κ3) is 5.62. The Morgan fingerprint density at radius 2 is 2.25 bits per heavy atom. The summed E-state index contributed by atoms with van der Waals surface area (Å²) in [5, 5.41) is 14.2. The molecule has 8 heteroatoms. The molecule has 1 aromatic carbocycles. The van der Waals surface area contributed by atoms with Gasteiger partial charge in [0.15, 0.2) is 11.9 Å². The Morgan fingerprint density at radius 3 is 2.94 bits per heavy atom. The van der Waals surface area contributed by atoms with Crippen LogP contribution in [0, 0.1) is 11.3 Å². The Labute approximate surface area is 190 Å². The van der Waals surface area contributed by atoms with Crippen LogP contribution in [0.3, 0.4) is 0 Å². The lowest BCUT2D eigenvalue weighted by molar-refractivity contribution is -0.109. The predicted molar refractivity (Wildman–Crippen MR) is 122 cm³/mol. The van der Waals surface area contributed by atoms with E-state index in [0.29, 0.717) is 57.2 Å². The zero-order valence-electron chi connectivity index (χ0n) is 17.3. The zero-order chi connectivity index (χ0) is 22.9. The molecule has 3 rings (SSSR count). The van der Waals surface area contributed by atoms with Crippen molar-refractivity contribution < 1.29 is 18.8 Å². The first kappa shape index (κ1) is 22.8. The summed E-state index contributed by atoms with van der Waals surface area (Å²) in [4.78, 5) is 14.9. The Hall–Kier alpha value is -3.89. The van der Waals surface area contributed by atoms with Crippen molar-refractivity contribution in [1.29, 1.82) is 5.26 Å². The van der Waals surface area contributed by atoms with Gasteiger partial charge in [0.05, 0.1) is 16.5 Å². The lowest BCUT2D eigenvalue weighted by atomic mass is 10.1. The van der Waals surface area contributed by atoms with Crippen LogP contribution in [0.2, 0.25) is 5.02 Å². The number of ether oxygens (including phenoxy) is 2. The molecule has 0 amide bonds. The van der Waals surface area contributed by atoms with E-state index in [1.807, 2.05) is 6.92 Å². The van der Waals surface area contributed by atoms with Crippen molar-refractivity contribution >= 4 is 28.9 Å². The van der Waals surface area contributed by atoms with Crippen molar-refractivity contribution in [3.05, 3.63) is 71.9 Å². The molecule has 32 heavy (non-hydrogen) atoms. The molecule has 0 radical (unpaired) electrons. The largest absolute Gasteiger partial charge is 0.485 e. The summed E-state index contributed by atoms with van der Waals surface area (Å²) in [5.74, 6) is 0.786. The number of rotatable bonds is 10. The number of pyridine rings is 1. The number of halogens is 1. The van der Waals surface area contributed by atoms with Crippen LogP contribution in [0.25, 0.3) is 22.2 Å². The lowest BCUT2D eigenvalue weighted by Crippen LogP contribution is -2.09. The molecule has 0 aliphatic rings. The van der Waals surface area contributed by atoms with Crippen LogP contribution in [0.1, 0.15) is 13.3 Å². The van der Waals surface area contributed by atoms with Gasteiger partial charge in [-0.2, -0.15) is 5.26 Å². The Bertz CT molecular complexity index is 1210. The number of benzene rings is 1.